The first-order chi connectivity index (χ1) is 19.6. The normalized spacial score (nSPS) is 15.1. The Balaban J connectivity index is 1.66. The Bertz CT molecular complexity index is 1900. The number of hydrogen-bond acceptors (Lipinski definition) is 8. The quantitative estimate of drug-likeness (QED) is 0.286. The van der Waals surface area contributed by atoms with Crippen molar-refractivity contribution in [2.24, 2.45) is 4.99 Å². The highest BCUT2D eigenvalue weighted by Crippen LogP contribution is 2.37. The molecule has 0 spiro atoms. The summed E-state index contributed by atoms with van der Waals surface area (Å²) in [7, 11) is 1.53. The van der Waals surface area contributed by atoms with E-state index in [9.17, 15) is 19.5 Å². The van der Waals surface area contributed by atoms with Crippen LogP contribution < -0.4 is 19.6 Å². The van der Waals surface area contributed by atoms with E-state index in [-0.39, 0.29) is 22.8 Å². The number of nitrogens with zero attached hydrogens (tertiary/aromatic N) is 2. The monoisotopic (exact) mass is 636 g/mol. The standard InChI is InChI=1S/C30H25BrN2O7S/c1-15(2)39-29(37)25-16(3)32-30-33(26(25)21-13-19(31)8-10-23(21)38-4)27(34)24(41-30)14-20-9-11-22(40-20)17-6-5-7-18(12-17)28(35)36/h5-15,26H,1-4H3,(H,35,36)/b24-14-/t26-/m0/s1. The molecule has 4 aromatic rings. The van der Waals surface area contributed by atoms with Gasteiger partial charge in [-0.25, -0.2) is 14.6 Å². The minimum Gasteiger partial charge on any atom is -0.496 e. The number of aromatic nitrogens is 1. The number of fused-ring (bicyclic) bond motifs is 1. The number of methoxy groups -OCH3 is 1. The molecule has 5 rings (SSSR count). The number of esters is 1. The number of halogens is 1. The number of carbonyl (C=O) groups is 2. The van der Waals surface area contributed by atoms with E-state index in [1.807, 2.05) is 12.1 Å². The maximum Gasteiger partial charge on any atom is 0.338 e. The number of carbonyl (C=O) groups excluding carboxylic acids is 1. The molecule has 0 radical (unpaired) electrons. The third-order valence-electron chi connectivity index (χ3n) is 6.36. The fourth-order valence-electron chi connectivity index (χ4n) is 4.59. The first-order valence-electron chi connectivity index (χ1n) is 12.6. The summed E-state index contributed by atoms with van der Waals surface area (Å²) in [6, 6.07) is 14.4. The van der Waals surface area contributed by atoms with E-state index in [4.69, 9.17) is 13.9 Å². The summed E-state index contributed by atoms with van der Waals surface area (Å²) in [5.41, 5.74) is 1.64. The van der Waals surface area contributed by atoms with Gasteiger partial charge in [-0.1, -0.05) is 39.4 Å². The fourth-order valence-corrected chi connectivity index (χ4v) is 6.00. The van der Waals surface area contributed by atoms with Gasteiger partial charge in [0, 0.05) is 21.7 Å². The van der Waals surface area contributed by atoms with Crippen molar-refractivity contribution >= 4 is 45.3 Å². The summed E-state index contributed by atoms with van der Waals surface area (Å²) in [4.78, 5) is 43.7. The van der Waals surface area contributed by atoms with E-state index in [1.54, 1.807) is 57.2 Å². The lowest BCUT2D eigenvalue weighted by Gasteiger charge is -2.26. The maximum atomic E-state index is 13.9. The molecule has 2 aromatic heterocycles. The molecule has 1 aliphatic rings. The number of thiazole rings is 1. The zero-order valence-electron chi connectivity index (χ0n) is 22.5. The van der Waals surface area contributed by atoms with Gasteiger partial charge in [0.15, 0.2) is 4.80 Å². The lowest BCUT2D eigenvalue weighted by molar-refractivity contribution is -0.143. The molecule has 0 saturated heterocycles. The van der Waals surface area contributed by atoms with Crippen LogP contribution in [-0.4, -0.2) is 34.8 Å². The number of hydrogen-bond donors (Lipinski definition) is 1. The van der Waals surface area contributed by atoms with Crippen LogP contribution in [0.2, 0.25) is 0 Å². The summed E-state index contributed by atoms with van der Waals surface area (Å²) in [6.07, 6.45) is 1.23. The minimum atomic E-state index is -1.04. The molecule has 9 nitrogen and oxygen atoms in total. The predicted octanol–water partition coefficient (Wildman–Crippen LogP) is 4.92. The second-order valence-electron chi connectivity index (χ2n) is 9.51. The molecule has 210 valence electrons. The van der Waals surface area contributed by atoms with Crippen LogP contribution in [0, 0.1) is 0 Å². The smallest absolute Gasteiger partial charge is 0.338 e. The molecular formula is C30H25BrN2O7S. The second kappa shape index (κ2) is 11.3. The summed E-state index contributed by atoms with van der Waals surface area (Å²) < 4.78 is 19.7. The third kappa shape index (κ3) is 5.55. The van der Waals surface area contributed by atoms with Gasteiger partial charge in [0.2, 0.25) is 0 Å². The van der Waals surface area contributed by atoms with Gasteiger partial charge in [-0.15, -0.1) is 0 Å². The van der Waals surface area contributed by atoms with Gasteiger partial charge < -0.3 is 19.0 Å². The summed E-state index contributed by atoms with van der Waals surface area (Å²) in [5, 5.41) is 9.31. The average Bonchev–Trinajstić information content (AvgIpc) is 3.51. The van der Waals surface area contributed by atoms with Crippen molar-refractivity contribution in [2.75, 3.05) is 7.11 Å². The van der Waals surface area contributed by atoms with Gasteiger partial charge in [0.05, 0.1) is 34.6 Å². The van der Waals surface area contributed by atoms with Crippen LogP contribution in [0.15, 0.2) is 84.5 Å². The van der Waals surface area contributed by atoms with E-state index in [0.29, 0.717) is 43.4 Å². The van der Waals surface area contributed by atoms with Crippen LogP contribution >= 0.6 is 27.3 Å². The molecule has 41 heavy (non-hydrogen) atoms. The van der Waals surface area contributed by atoms with E-state index in [2.05, 4.69) is 20.9 Å². The van der Waals surface area contributed by atoms with E-state index >= 15 is 0 Å². The van der Waals surface area contributed by atoms with Crippen LogP contribution in [-0.2, 0) is 9.53 Å². The molecule has 11 heteroatoms. The molecule has 1 atom stereocenters. The number of ether oxygens (including phenoxy) is 2. The SMILES string of the molecule is COc1ccc(Br)cc1[C@H]1C(C(=O)OC(C)C)=C(C)N=c2s/c(=C\c3ccc(-c4cccc(C(=O)O)c4)o3)c(=O)n21. The molecular weight excluding hydrogens is 612 g/mol. The molecule has 3 heterocycles. The molecule has 1 N–H and O–H groups in total. The lowest BCUT2D eigenvalue weighted by Crippen LogP contribution is -2.40. The van der Waals surface area contributed by atoms with Crippen molar-refractivity contribution in [2.45, 2.75) is 32.9 Å². The molecule has 0 fully saturated rings. The number of aromatic carboxylic acids is 1. The number of benzene rings is 2. The fraction of sp³-hybridized carbons (Fsp3) is 0.200. The highest BCUT2D eigenvalue weighted by molar-refractivity contribution is 9.10. The Hall–Kier alpha value is -4.22. The first-order valence-corrected chi connectivity index (χ1v) is 14.2. The highest BCUT2D eigenvalue weighted by Gasteiger charge is 2.35. The second-order valence-corrected chi connectivity index (χ2v) is 11.4. The third-order valence-corrected chi connectivity index (χ3v) is 7.84. The van der Waals surface area contributed by atoms with Crippen molar-refractivity contribution in [1.29, 1.82) is 0 Å². The molecule has 0 bridgehead atoms. The molecule has 1 aliphatic heterocycles. The zero-order chi connectivity index (χ0) is 29.4. The topological polar surface area (TPSA) is 120 Å². The number of furan rings is 1. The van der Waals surface area contributed by atoms with Crippen molar-refractivity contribution in [1.82, 2.24) is 4.57 Å². The maximum absolute atomic E-state index is 13.9. The van der Waals surface area contributed by atoms with Crippen LogP contribution in [0.25, 0.3) is 17.4 Å². The first kappa shape index (κ1) is 28.3. The molecule has 2 aromatic carbocycles. The van der Waals surface area contributed by atoms with Gasteiger partial charge in [-0.3, -0.25) is 9.36 Å². The van der Waals surface area contributed by atoms with Crippen LogP contribution in [0.5, 0.6) is 5.75 Å². The van der Waals surface area contributed by atoms with Gasteiger partial charge in [0.25, 0.3) is 5.56 Å². The van der Waals surface area contributed by atoms with Crippen molar-refractivity contribution in [3.8, 4) is 17.1 Å². The lowest BCUT2D eigenvalue weighted by atomic mass is 9.95. The van der Waals surface area contributed by atoms with E-state index in [1.165, 1.54) is 35.1 Å². The number of allylic oxidation sites excluding steroid dienone is 1. The van der Waals surface area contributed by atoms with Gasteiger partial charge in [-0.05, 0) is 63.2 Å². The number of rotatable bonds is 7. The Morgan fingerprint density at radius 2 is 1.95 bits per heavy atom. The largest absolute Gasteiger partial charge is 0.496 e. The van der Waals surface area contributed by atoms with E-state index < -0.39 is 18.0 Å². The highest BCUT2D eigenvalue weighted by atomic mass is 79.9. The van der Waals surface area contributed by atoms with Gasteiger partial charge in [-0.2, -0.15) is 0 Å². The number of carboxylic acids is 1. The van der Waals surface area contributed by atoms with E-state index in [0.717, 1.165) is 4.47 Å². The zero-order valence-corrected chi connectivity index (χ0v) is 24.9. The Morgan fingerprint density at radius 1 is 1.17 bits per heavy atom. The number of carboxylic acid groups (broad SMARTS) is 1. The van der Waals surface area contributed by atoms with Gasteiger partial charge >= 0.3 is 11.9 Å². The summed E-state index contributed by atoms with van der Waals surface area (Å²) >= 11 is 4.67. The van der Waals surface area contributed by atoms with Crippen molar-refractivity contribution in [3.63, 3.8) is 0 Å². The van der Waals surface area contributed by atoms with Crippen molar-refractivity contribution < 1.29 is 28.6 Å². The molecule has 0 amide bonds. The van der Waals surface area contributed by atoms with Crippen LogP contribution in [0.3, 0.4) is 0 Å². The summed E-state index contributed by atoms with van der Waals surface area (Å²) in [6.45, 7) is 5.23. The molecule has 0 saturated carbocycles. The molecule has 0 aliphatic carbocycles. The molecule has 0 unspecified atom stereocenters. The van der Waals surface area contributed by atoms with Crippen LogP contribution in [0.4, 0.5) is 0 Å². The predicted molar refractivity (Wildman–Crippen MR) is 157 cm³/mol. The minimum absolute atomic E-state index is 0.138. The van der Waals surface area contributed by atoms with Gasteiger partial charge in [0.1, 0.15) is 23.3 Å². The Morgan fingerprint density at radius 3 is 2.66 bits per heavy atom. The average molecular weight is 638 g/mol. The Kier molecular flexibility index (Phi) is 7.83. The summed E-state index contributed by atoms with van der Waals surface area (Å²) in [5.74, 6) is -0.252. The Labute approximate surface area is 246 Å². The van der Waals surface area contributed by atoms with Crippen LogP contribution in [0.1, 0.15) is 48.5 Å². The van der Waals surface area contributed by atoms with Crippen molar-refractivity contribution in [3.05, 3.63) is 107 Å².